The summed E-state index contributed by atoms with van der Waals surface area (Å²) < 4.78 is 0. The van der Waals surface area contributed by atoms with Gasteiger partial charge in [0.2, 0.25) is 11.8 Å². The van der Waals surface area contributed by atoms with Gasteiger partial charge in [-0.2, -0.15) is 0 Å². The lowest BCUT2D eigenvalue weighted by atomic mass is 9.61. The van der Waals surface area contributed by atoms with Crippen molar-refractivity contribution in [2.45, 2.75) is 96.2 Å². The van der Waals surface area contributed by atoms with Gasteiger partial charge in [-0.15, -0.1) is 0 Å². The molecule has 1 spiro atoms. The van der Waals surface area contributed by atoms with Gasteiger partial charge in [0.25, 0.3) is 0 Å². The number of hydrogen-bond acceptors (Lipinski definition) is 2. The number of likely N-dealkylation sites (tertiary alicyclic amines) is 1. The third-order valence-corrected chi connectivity index (χ3v) is 5.96. The number of amides is 2. The number of nitrogens with one attached hydrogen (secondary N) is 1. The predicted octanol–water partition coefficient (Wildman–Crippen LogP) is 3.01. The Morgan fingerprint density at radius 3 is 2.27 bits per heavy atom. The van der Waals surface area contributed by atoms with E-state index in [1.807, 2.05) is 18.7 Å². The second-order valence-electron chi connectivity index (χ2n) is 7.77. The molecule has 0 radical (unpaired) electrons. The summed E-state index contributed by atoms with van der Waals surface area (Å²) in [6.07, 6.45) is 11.1. The van der Waals surface area contributed by atoms with Crippen molar-refractivity contribution in [2.24, 2.45) is 5.41 Å². The van der Waals surface area contributed by atoms with Crippen molar-refractivity contribution >= 4 is 11.8 Å². The van der Waals surface area contributed by atoms with Crippen LogP contribution in [0.2, 0.25) is 0 Å². The number of nitrogens with zero attached hydrogens (tertiary/aromatic N) is 1. The standard InChI is InChI=1S/C18H30N2O2/c1-13(2)20-15(16(21)19-14-9-5-3-6-10-14)18(17(20)22)11-7-4-8-12-18/h13-15H,3-12H2,1-2H3,(H,19,21). The first kappa shape index (κ1) is 15.8. The van der Waals surface area contributed by atoms with Crippen LogP contribution < -0.4 is 5.32 Å². The smallest absolute Gasteiger partial charge is 0.244 e. The fraction of sp³-hybridized carbons (Fsp3) is 0.889. The highest BCUT2D eigenvalue weighted by Gasteiger charge is 2.63. The molecule has 3 rings (SSSR count). The van der Waals surface area contributed by atoms with Crippen LogP contribution in [-0.4, -0.2) is 34.8 Å². The number of rotatable bonds is 3. The van der Waals surface area contributed by atoms with Crippen molar-refractivity contribution in [3.63, 3.8) is 0 Å². The Morgan fingerprint density at radius 1 is 1.09 bits per heavy atom. The molecule has 1 unspecified atom stereocenters. The molecule has 2 saturated carbocycles. The summed E-state index contributed by atoms with van der Waals surface area (Å²) in [5, 5.41) is 3.26. The number of carbonyl (C=O) groups excluding carboxylic acids is 2. The molecule has 22 heavy (non-hydrogen) atoms. The molecule has 3 fully saturated rings. The fourth-order valence-electron chi connectivity index (χ4n) is 4.80. The van der Waals surface area contributed by atoms with Crippen LogP contribution in [0, 0.1) is 5.41 Å². The van der Waals surface area contributed by atoms with Crippen molar-refractivity contribution in [1.29, 1.82) is 0 Å². The highest BCUT2D eigenvalue weighted by Crippen LogP contribution is 2.51. The second-order valence-corrected chi connectivity index (χ2v) is 7.77. The van der Waals surface area contributed by atoms with Gasteiger partial charge in [-0.3, -0.25) is 9.59 Å². The first-order valence-corrected chi connectivity index (χ1v) is 9.19. The Hall–Kier alpha value is -1.06. The summed E-state index contributed by atoms with van der Waals surface area (Å²) in [4.78, 5) is 27.5. The molecule has 2 aliphatic carbocycles. The van der Waals surface area contributed by atoms with E-state index < -0.39 is 0 Å². The van der Waals surface area contributed by atoms with Gasteiger partial charge in [-0.1, -0.05) is 38.5 Å². The largest absolute Gasteiger partial charge is 0.352 e. The molecule has 1 aliphatic heterocycles. The molecule has 0 bridgehead atoms. The van der Waals surface area contributed by atoms with Gasteiger partial charge in [0.15, 0.2) is 0 Å². The van der Waals surface area contributed by atoms with E-state index >= 15 is 0 Å². The lowest BCUT2D eigenvalue weighted by molar-refractivity contribution is -0.186. The zero-order valence-electron chi connectivity index (χ0n) is 14.1. The normalized spacial score (nSPS) is 28.8. The van der Waals surface area contributed by atoms with E-state index in [-0.39, 0.29) is 29.3 Å². The quantitative estimate of drug-likeness (QED) is 0.815. The van der Waals surface area contributed by atoms with E-state index in [9.17, 15) is 9.59 Å². The Balaban J connectivity index is 1.74. The Labute approximate surface area is 134 Å². The average molecular weight is 306 g/mol. The summed E-state index contributed by atoms with van der Waals surface area (Å²) in [7, 11) is 0. The van der Waals surface area contributed by atoms with E-state index in [1.54, 1.807) is 0 Å². The van der Waals surface area contributed by atoms with Crippen LogP contribution >= 0.6 is 0 Å². The summed E-state index contributed by atoms with van der Waals surface area (Å²) in [5.74, 6) is 0.341. The van der Waals surface area contributed by atoms with E-state index in [4.69, 9.17) is 0 Å². The predicted molar refractivity (Wildman–Crippen MR) is 86.3 cm³/mol. The van der Waals surface area contributed by atoms with Crippen LogP contribution in [0.25, 0.3) is 0 Å². The van der Waals surface area contributed by atoms with Crippen molar-refractivity contribution in [3.05, 3.63) is 0 Å². The lowest BCUT2D eigenvalue weighted by Crippen LogP contribution is -2.75. The maximum Gasteiger partial charge on any atom is 0.244 e. The number of β-lactam (4-membered cyclic amide) rings is 1. The first-order valence-electron chi connectivity index (χ1n) is 9.19. The highest BCUT2D eigenvalue weighted by molar-refractivity contribution is 6.02. The van der Waals surface area contributed by atoms with Crippen LogP contribution in [0.4, 0.5) is 0 Å². The molecule has 4 heteroatoms. The minimum absolute atomic E-state index is 0.113. The highest BCUT2D eigenvalue weighted by atomic mass is 16.2. The van der Waals surface area contributed by atoms with Crippen LogP contribution in [0.1, 0.15) is 78.1 Å². The maximum atomic E-state index is 12.9. The van der Waals surface area contributed by atoms with Crippen LogP contribution in [0.15, 0.2) is 0 Å². The molecule has 1 saturated heterocycles. The van der Waals surface area contributed by atoms with E-state index in [0.29, 0.717) is 6.04 Å². The molecule has 0 aromatic rings. The molecule has 0 aromatic heterocycles. The topological polar surface area (TPSA) is 49.4 Å². The summed E-state index contributed by atoms with van der Waals surface area (Å²) >= 11 is 0. The van der Waals surface area contributed by atoms with Gasteiger partial charge in [0.1, 0.15) is 6.04 Å². The first-order chi connectivity index (χ1) is 10.6. The zero-order chi connectivity index (χ0) is 15.7. The monoisotopic (exact) mass is 306 g/mol. The molecule has 1 atom stereocenters. The molecule has 2 amide bonds. The molecule has 124 valence electrons. The molecule has 1 N–H and O–H groups in total. The zero-order valence-corrected chi connectivity index (χ0v) is 14.1. The number of carbonyl (C=O) groups is 2. The third kappa shape index (κ3) is 2.55. The van der Waals surface area contributed by atoms with Gasteiger partial charge in [-0.05, 0) is 39.5 Å². The van der Waals surface area contributed by atoms with Crippen molar-refractivity contribution in [3.8, 4) is 0 Å². The van der Waals surface area contributed by atoms with Gasteiger partial charge < -0.3 is 10.2 Å². The molecule has 4 nitrogen and oxygen atoms in total. The van der Waals surface area contributed by atoms with Crippen LogP contribution in [-0.2, 0) is 9.59 Å². The summed E-state index contributed by atoms with van der Waals surface area (Å²) in [6, 6.07) is 0.219. The van der Waals surface area contributed by atoms with E-state index in [1.165, 1.54) is 25.7 Å². The summed E-state index contributed by atoms with van der Waals surface area (Å²) in [6.45, 7) is 4.04. The maximum absolute atomic E-state index is 12.9. The van der Waals surface area contributed by atoms with Crippen molar-refractivity contribution in [2.75, 3.05) is 0 Å². The van der Waals surface area contributed by atoms with Gasteiger partial charge >= 0.3 is 0 Å². The minimum atomic E-state index is -0.374. The van der Waals surface area contributed by atoms with Gasteiger partial charge in [-0.25, -0.2) is 0 Å². The molecule has 0 aromatic carbocycles. The molecular weight excluding hydrogens is 276 g/mol. The lowest BCUT2D eigenvalue weighted by Gasteiger charge is -2.58. The average Bonchev–Trinajstić information content (AvgIpc) is 2.53. The summed E-state index contributed by atoms with van der Waals surface area (Å²) in [5.41, 5.74) is -0.374. The van der Waals surface area contributed by atoms with Gasteiger partial charge in [0.05, 0.1) is 5.41 Å². The minimum Gasteiger partial charge on any atom is -0.352 e. The van der Waals surface area contributed by atoms with E-state index in [0.717, 1.165) is 38.5 Å². The second kappa shape index (κ2) is 6.21. The van der Waals surface area contributed by atoms with Crippen LogP contribution in [0.5, 0.6) is 0 Å². The molecular formula is C18H30N2O2. The Kier molecular flexibility index (Phi) is 4.47. The SMILES string of the molecule is CC(C)N1C(=O)C2(CCCCC2)C1C(=O)NC1CCCCC1. The fourth-order valence-corrected chi connectivity index (χ4v) is 4.80. The Bertz CT molecular complexity index is 434. The van der Waals surface area contributed by atoms with Crippen LogP contribution in [0.3, 0.4) is 0 Å². The van der Waals surface area contributed by atoms with E-state index in [2.05, 4.69) is 5.32 Å². The third-order valence-electron chi connectivity index (χ3n) is 5.96. The number of hydrogen-bond donors (Lipinski definition) is 1. The molecule has 1 heterocycles. The van der Waals surface area contributed by atoms with Gasteiger partial charge in [0, 0.05) is 12.1 Å². The Morgan fingerprint density at radius 2 is 1.68 bits per heavy atom. The molecule has 3 aliphatic rings. The van der Waals surface area contributed by atoms with Crippen molar-refractivity contribution in [1.82, 2.24) is 10.2 Å². The van der Waals surface area contributed by atoms with Crippen molar-refractivity contribution < 1.29 is 9.59 Å².